The second-order valence-electron chi connectivity index (χ2n) is 7.30. The molecule has 0 radical (unpaired) electrons. The zero-order valence-corrected chi connectivity index (χ0v) is 13.2. The van der Waals surface area contributed by atoms with Crippen LogP contribution in [0.1, 0.15) is 60.3 Å². The van der Waals surface area contributed by atoms with Crippen LogP contribution in [0.5, 0.6) is 0 Å². The van der Waals surface area contributed by atoms with Crippen LogP contribution in [0.3, 0.4) is 0 Å². The molecule has 0 atom stereocenters. The summed E-state index contributed by atoms with van der Waals surface area (Å²) in [5, 5.41) is 13.1. The number of alkyl halides is 6. The number of halogens is 6. The summed E-state index contributed by atoms with van der Waals surface area (Å²) in [7, 11) is 0. The Hall–Kier alpha value is -1.74. The van der Waals surface area contributed by atoms with Gasteiger partial charge < -0.3 is 5.11 Å². The molecule has 2 fully saturated rings. The number of aromatic nitrogens is 2. The molecule has 0 amide bonds. The van der Waals surface area contributed by atoms with Crippen molar-refractivity contribution in [2.45, 2.75) is 57.4 Å². The number of carbonyl (C=O) groups is 1. The van der Waals surface area contributed by atoms with E-state index in [0.717, 1.165) is 4.68 Å². The summed E-state index contributed by atoms with van der Waals surface area (Å²) in [4.78, 5) is 11.4. The molecule has 2 saturated carbocycles. The Morgan fingerprint density at radius 1 is 1.24 bits per heavy atom. The fourth-order valence-electron chi connectivity index (χ4n) is 3.59. The first-order chi connectivity index (χ1) is 11.3. The molecule has 4 nitrogen and oxygen atoms in total. The van der Waals surface area contributed by atoms with Crippen LogP contribution in [0.2, 0.25) is 0 Å². The van der Waals surface area contributed by atoms with Crippen molar-refractivity contribution in [3.05, 3.63) is 17.0 Å². The molecule has 0 spiro atoms. The summed E-state index contributed by atoms with van der Waals surface area (Å²) in [5.41, 5.74) is -3.48. The van der Waals surface area contributed by atoms with E-state index in [1.165, 1.54) is 6.92 Å². The highest BCUT2D eigenvalue weighted by molar-refractivity contribution is 5.88. The fraction of sp³-hybridized carbons (Fsp3) is 0.733. The Balaban J connectivity index is 1.93. The van der Waals surface area contributed by atoms with Crippen LogP contribution in [0.15, 0.2) is 0 Å². The largest absolute Gasteiger partial charge is 0.477 e. The van der Waals surface area contributed by atoms with Crippen LogP contribution in [0.4, 0.5) is 26.3 Å². The fourth-order valence-corrected chi connectivity index (χ4v) is 3.59. The van der Waals surface area contributed by atoms with Crippen LogP contribution >= 0.6 is 0 Å². The average molecular weight is 370 g/mol. The maximum atomic E-state index is 13.4. The van der Waals surface area contributed by atoms with E-state index in [0.29, 0.717) is 12.8 Å². The molecule has 0 saturated heterocycles. The van der Waals surface area contributed by atoms with Crippen LogP contribution in [0.25, 0.3) is 0 Å². The Morgan fingerprint density at radius 3 is 2.20 bits per heavy atom. The minimum Gasteiger partial charge on any atom is -0.477 e. The molecule has 1 aromatic rings. The van der Waals surface area contributed by atoms with Crippen LogP contribution in [0, 0.1) is 11.3 Å². The highest BCUT2D eigenvalue weighted by atomic mass is 19.4. The molecule has 1 heterocycles. The Bertz CT molecular complexity index is 696. The third kappa shape index (κ3) is 3.35. The van der Waals surface area contributed by atoms with E-state index < -0.39 is 46.8 Å². The van der Waals surface area contributed by atoms with Crippen LogP contribution in [-0.2, 0) is 12.7 Å². The molecule has 3 rings (SSSR count). The van der Waals surface area contributed by atoms with Gasteiger partial charge in [0.05, 0.1) is 11.6 Å². The topological polar surface area (TPSA) is 55.1 Å². The maximum absolute atomic E-state index is 13.4. The van der Waals surface area contributed by atoms with Crippen molar-refractivity contribution in [2.24, 2.45) is 11.3 Å². The number of nitrogens with zero attached hydrogens (tertiary/aromatic N) is 2. The van der Waals surface area contributed by atoms with Gasteiger partial charge in [0.25, 0.3) is 0 Å². The minimum atomic E-state index is -4.88. The van der Waals surface area contributed by atoms with Crippen molar-refractivity contribution >= 4 is 5.97 Å². The van der Waals surface area contributed by atoms with Crippen LogP contribution in [-0.4, -0.2) is 27.0 Å². The van der Waals surface area contributed by atoms with Crippen molar-refractivity contribution in [1.82, 2.24) is 9.78 Å². The quantitative estimate of drug-likeness (QED) is 0.797. The smallest absolute Gasteiger partial charge is 0.420 e. The van der Waals surface area contributed by atoms with Gasteiger partial charge in [0.15, 0.2) is 5.69 Å². The molecule has 0 aliphatic heterocycles. The molecule has 25 heavy (non-hydrogen) atoms. The van der Waals surface area contributed by atoms with Crippen molar-refractivity contribution in [2.75, 3.05) is 0 Å². The third-order valence-corrected chi connectivity index (χ3v) is 4.90. The van der Waals surface area contributed by atoms with Crippen molar-refractivity contribution in [3.63, 3.8) is 0 Å². The number of aromatic carboxylic acids is 1. The molecular weight excluding hydrogens is 354 g/mol. The average Bonchev–Trinajstić information content (AvgIpc) is 3.15. The lowest BCUT2D eigenvalue weighted by Crippen LogP contribution is -2.45. The van der Waals surface area contributed by atoms with E-state index in [2.05, 4.69) is 5.10 Å². The second kappa shape index (κ2) is 5.38. The highest BCUT2D eigenvalue weighted by Gasteiger charge is 2.54. The molecule has 10 heteroatoms. The zero-order valence-electron chi connectivity index (χ0n) is 13.2. The monoisotopic (exact) mass is 370 g/mol. The lowest BCUT2D eigenvalue weighted by molar-refractivity contribution is -0.221. The normalized spacial score (nSPS) is 27.2. The van der Waals surface area contributed by atoms with Crippen molar-refractivity contribution in [1.29, 1.82) is 0 Å². The molecule has 140 valence electrons. The van der Waals surface area contributed by atoms with E-state index in [4.69, 9.17) is 0 Å². The number of carboxylic acids is 1. The second-order valence-corrected chi connectivity index (χ2v) is 7.30. The first-order valence-electron chi connectivity index (χ1n) is 7.80. The van der Waals surface area contributed by atoms with Gasteiger partial charge in [0.2, 0.25) is 0 Å². The number of hydrogen-bond acceptors (Lipinski definition) is 2. The van der Waals surface area contributed by atoms with Gasteiger partial charge in [0, 0.05) is 12.5 Å². The Labute approximate surface area is 138 Å². The first kappa shape index (κ1) is 18.1. The van der Waals surface area contributed by atoms with Crippen molar-refractivity contribution < 1.29 is 36.2 Å². The van der Waals surface area contributed by atoms with Gasteiger partial charge in [-0.05, 0) is 31.1 Å². The number of carboxylic acid groups (broad SMARTS) is 1. The molecule has 2 aliphatic carbocycles. The molecule has 2 aliphatic rings. The first-order valence-corrected chi connectivity index (χ1v) is 7.80. The van der Waals surface area contributed by atoms with Gasteiger partial charge in [-0.1, -0.05) is 6.92 Å². The molecule has 0 bridgehead atoms. The zero-order chi connectivity index (χ0) is 18.8. The molecule has 0 unspecified atom stereocenters. The standard InChI is InChI=1S/C15H16F6N2O2/c1-13(4-8(5-13)14(16,17)18)6-23-11(12(24)25)9(15(19,20)21)10(22-23)7-2-3-7/h7-8H,2-6H2,1H3,(H,24,25). The van der Waals surface area contributed by atoms with E-state index >= 15 is 0 Å². The predicted octanol–water partition coefficient (Wildman–Crippen LogP) is 4.46. The van der Waals surface area contributed by atoms with Gasteiger partial charge >= 0.3 is 18.3 Å². The Kier molecular flexibility index (Phi) is 3.88. The lowest BCUT2D eigenvalue weighted by Gasteiger charge is -2.45. The SMILES string of the molecule is CC1(Cn2nc(C3CC3)c(C(F)(F)F)c2C(=O)O)CC(C(F)(F)F)C1. The van der Waals surface area contributed by atoms with E-state index in [1.807, 2.05) is 0 Å². The molecule has 1 aromatic heterocycles. The summed E-state index contributed by atoms with van der Waals surface area (Å²) < 4.78 is 78.8. The van der Waals surface area contributed by atoms with Gasteiger partial charge in [-0.15, -0.1) is 0 Å². The van der Waals surface area contributed by atoms with E-state index in [9.17, 15) is 36.2 Å². The Morgan fingerprint density at radius 2 is 1.80 bits per heavy atom. The van der Waals surface area contributed by atoms with Crippen molar-refractivity contribution in [3.8, 4) is 0 Å². The summed E-state index contributed by atoms with van der Waals surface area (Å²) in [5.74, 6) is -3.72. The van der Waals surface area contributed by atoms with E-state index in [1.54, 1.807) is 0 Å². The van der Waals surface area contributed by atoms with E-state index in [-0.39, 0.29) is 25.1 Å². The van der Waals surface area contributed by atoms with Gasteiger partial charge in [-0.2, -0.15) is 31.4 Å². The molecule has 0 aromatic carbocycles. The van der Waals surface area contributed by atoms with Gasteiger partial charge in [0.1, 0.15) is 5.56 Å². The summed E-state index contributed by atoms with van der Waals surface area (Å²) >= 11 is 0. The summed E-state index contributed by atoms with van der Waals surface area (Å²) in [6.45, 7) is 1.23. The third-order valence-electron chi connectivity index (χ3n) is 4.90. The maximum Gasteiger partial charge on any atom is 0.420 e. The van der Waals surface area contributed by atoms with Gasteiger partial charge in [-0.3, -0.25) is 4.68 Å². The van der Waals surface area contributed by atoms with Crippen LogP contribution < -0.4 is 0 Å². The summed E-state index contributed by atoms with van der Waals surface area (Å²) in [6.07, 6.45) is -8.75. The molecular formula is C15H16F6N2O2. The summed E-state index contributed by atoms with van der Waals surface area (Å²) in [6, 6.07) is 0. The van der Waals surface area contributed by atoms with Gasteiger partial charge in [-0.25, -0.2) is 4.79 Å². The minimum absolute atomic E-state index is 0.254. The molecule has 1 N–H and O–H groups in total. The number of hydrogen-bond donors (Lipinski definition) is 1. The lowest BCUT2D eigenvalue weighted by atomic mass is 9.63. The highest BCUT2D eigenvalue weighted by Crippen LogP contribution is 2.54. The predicted molar refractivity (Wildman–Crippen MR) is 73.0 cm³/mol. The number of rotatable bonds is 4.